The largest absolute Gasteiger partial charge is 0.488 e. The minimum absolute atomic E-state index is 0.460. The Morgan fingerprint density at radius 3 is 1.35 bits per heavy atom. The number of fused-ring (bicyclic) bond motifs is 2. The van der Waals surface area contributed by atoms with E-state index in [2.05, 4.69) is 27.7 Å². The first-order valence-corrected chi connectivity index (χ1v) is 11.0. The first kappa shape index (κ1) is 18.0. The van der Waals surface area contributed by atoms with Crippen LogP contribution >= 0.6 is 22.7 Å². The van der Waals surface area contributed by atoms with Crippen LogP contribution in [0, 0.1) is 23.7 Å². The molecule has 2 aliphatic rings. The minimum Gasteiger partial charge on any atom is -0.488 e. The summed E-state index contributed by atoms with van der Waals surface area (Å²) in [5.41, 5.74) is 0. The van der Waals surface area contributed by atoms with Crippen molar-refractivity contribution in [3.05, 3.63) is 10.8 Å². The molecular weight excluding hydrogens is 368 g/mol. The van der Waals surface area contributed by atoms with Gasteiger partial charge in [-0.1, -0.05) is 27.7 Å². The molecule has 0 aliphatic carbocycles. The predicted octanol–water partition coefficient (Wildman–Crippen LogP) is 5.56. The maximum absolute atomic E-state index is 6.19. The minimum atomic E-state index is 0.460. The molecular formula is C20H26O4S2. The second-order valence-corrected chi connectivity index (χ2v) is 9.43. The highest BCUT2D eigenvalue weighted by Crippen LogP contribution is 2.53. The molecule has 2 aromatic heterocycles. The fraction of sp³-hybridized carbons (Fsp3) is 0.600. The van der Waals surface area contributed by atoms with Crippen LogP contribution < -0.4 is 18.9 Å². The number of ether oxygens (including phenoxy) is 4. The van der Waals surface area contributed by atoms with Gasteiger partial charge in [0, 0.05) is 10.8 Å². The zero-order valence-corrected chi connectivity index (χ0v) is 17.4. The highest BCUT2D eigenvalue weighted by molar-refractivity contribution is 7.21. The van der Waals surface area contributed by atoms with E-state index in [1.54, 1.807) is 22.7 Å². The van der Waals surface area contributed by atoms with Crippen molar-refractivity contribution in [2.75, 3.05) is 26.4 Å². The van der Waals surface area contributed by atoms with Gasteiger partial charge in [-0.3, -0.25) is 0 Å². The molecule has 0 aromatic carbocycles. The van der Waals surface area contributed by atoms with E-state index in [-0.39, 0.29) is 0 Å². The lowest BCUT2D eigenvalue weighted by Crippen LogP contribution is -2.24. The Labute approximate surface area is 163 Å². The molecule has 4 atom stereocenters. The van der Waals surface area contributed by atoms with E-state index in [9.17, 15) is 0 Å². The Kier molecular flexibility index (Phi) is 5.06. The van der Waals surface area contributed by atoms with E-state index in [1.165, 1.54) is 0 Å². The Bertz CT molecular complexity index is 702. The summed E-state index contributed by atoms with van der Waals surface area (Å²) in [4.78, 5) is 2.16. The lowest BCUT2D eigenvalue weighted by molar-refractivity contribution is 0.134. The monoisotopic (exact) mass is 394 g/mol. The SMILES string of the molecule is CC1COc2csc(-c3scc4c3OCC(C)C(C)CO4)c2OCC1C. The summed E-state index contributed by atoms with van der Waals surface area (Å²) in [5.74, 6) is 5.28. The summed E-state index contributed by atoms with van der Waals surface area (Å²) in [6.45, 7) is 11.7. The van der Waals surface area contributed by atoms with Gasteiger partial charge < -0.3 is 18.9 Å². The zero-order valence-electron chi connectivity index (χ0n) is 15.7. The Hall–Kier alpha value is -1.40. The van der Waals surface area contributed by atoms with Crippen molar-refractivity contribution in [1.82, 2.24) is 0 Å². The zero-order chi connectivity index (χ0) is 18.3. The molecule has 0 saturated carbocycles. The van der Waals surface area contributed by atoms with Gasteiger partial charge in [0.05, 0.1) is 36.2 Å². The van der Waals surface area contributed by atoms with Crippen LogP contribution in [0.2, 0.25) is 0 Å². The van der Waals surface area contributed by atoms with Crippen LogP contribution in [0.3, 0.4) is 0 Å². The number of thiophene rings is 2. The van der Waals surface area contributed by atoms with Crippen molar-refractivity contribution >= 4 is 22.7 Å². The van der Waals surface area contributed by atoms with Crippen molar-refractivity contribution in [2.45, 2.75) is 27.7 Å². The summed E-state index contributed by atoms with van der Waals surface area (Å²) >= 11 is 3.31. The van der Waals surface area contributed by atoms with E-state index in [4.69, 9.17) is 18.9 Å². The number of rotatable bonds is 1. The quantitative estimate of drug-likeness (QED) is 0.634. The van der Waals surface area contributed by atoms with Gasteiger partial charge in [0.2, 0.25) is 0 Å². The summed E-state index contributed by atoms with van der Waals surface area (Å²) in [6.07, 6.45) is 0. The van der Waals surface area contributed by atoms with Crippen LogP contribution in [0.5, 0.6) is 23.0 Å². The van der Waals surface area contributed by atoms with Crippen molar-refractivity contribution in [1.29, 1.82) is 0 Å². The number of hydrogen-bond donors (Lipinski definition) is 0. The van der Waals surface area contributed by atoms with Crippen LogP contribution in [0.1, 0.15) is 27.7 Å². The van der Waals surface area contributed by atoms with Gasteiger partial charge >= 0.3 is 0 Å². The smallest absolute Gasteiger partial charge is 0.180 e. The summed E-state index contributed by atoms with van der Waals surface area (Å²) in [6, 6.07) is 0. The number of hydrogen-bond acceptors (Lipinski definition) is 6. The van der Waals surface area contributed by atoms with E-state index >= 15 is 0 Å². The average molecular weight is 395 g/mol. The van der Waals surface area contributed by atoms with Gasteiger partial charge in [0.25, 0.3) is 0 Å². The van der Waals surface area contributed by atoms with E-state index in [1.807, 2.05) is 10.8 Å². The highest BCUT2D eigenvalue weighted by atomic mass is 32.1. The molecule has 2 aliphatic heterocycles. The molecule has 2 aromatic rings. The van der Waals surface area contributed by atoms with Gasteiger partial charge in [-0.05, 0) is 23.7 Å². The molecule has 0 amide bonds. The normalized spacial score (nSPS) is 28.6. The third-order valence-corrected chi connectivity index (χ3v) is 7.60. The molecule has 6 heteroatoms. The second-order valence-electron chi connectivity index (χ2n) is 7.67. The molecule has 142 valence electrons. The van der Waals surface area contributed by atoms with Crippen LogP contribution in [0.15, 0.2) is 10.8 Å². The third kappa shape index (κ3) is 3.29. The fourth-order valence-electron chi connectivity index (χ4n) is 2.98. The maximum atomic E-state index is 6.19. The lowest BCUT2D eigenvalue weighted by atomic mass is 9.97. The van der Waals surface area contributed by atoms with E-state index in [0.717, 1.165) is 46.0 Å². The lowest BCUT2D eigenvalue weighted by Gasteiger charge is -2.25. The molecule has 4 nitrogen and oxygen atoms in total. The van der Waals surface area contributed by atoms with Crippen molar-refractivity contribution in [2.24, 2.45) is 23.7 Å². The van der Waals surface area contributed by atoms with Crippen LogP contribution in [0.4, 0.5) is 0 Å². The second kappa shape index (κ2) is 7.31. The summed E-state index contributed by atoms with van der Waals surface area (Å²) < 4.78 is 24.4. The Morgan fingerprint density at radius 1 is 0.615 bits per heavy atom. The predicted molar refractivity (Wildman–Crippen MR) is 106 cm³/mol. The van der Waals surface area contributed by atoms with Crippen LogP contribution in [0.25, 0.3) is 9.75 Å². The summed E-state index contributed by atoms with van der Waals surface area (Å²) in [7, 11) is 0. The average Bonchev–Trinajstić information content (AvgIpc) is 3.20. The Morgan fingerprint density at radius 2 is 0.962 bits per heavy atom. The van der Waals surface area contributed by atoms with Crippen molar-refractivity contribution in [3.63, 3.8) is 0 Å². The molecule has 0 spiro atoms. The topological polar surface area (TPSA) is 36.9 Å². The Balaban J connectivity index is 1.68. The molecule has 4 rings (SSSR count). The molecule has 26 heavy (non-hydrogen) atoms. The van der Waals surface area contributed by atoms with Gasteiger partial charge in [-0.15, -0.1) is 22.7 Å². The van der Waals surface area contributed by atoms with Crippen LogP contribution in [-0.4, -0.2) is 26.4 Å². The molecule has 0 N–H and O–H groups in total. The van der Waals surface area contributed by atoms with Gasteiger partial charge in [0.15, 0.2) is 23.0 Å². The first-order chi connectivity index (χ1) is 12.5. The third-order valence-electron chi connectivity index (χ3n) is 5.56. The highest BCUT2D eigenvalue weighted by Gasteiger charge is 2.29. The first-order valence-electron chi connectivity index (χ1n) is 9.29. The van der Waals surface area contributed by atoms with Crippen molar-refractivity contribution < 1.29 is 18.9 Å². The van der Waals surface area contributed by atoms with Gasteiger partial charge in [-0.25, -0.2) is 0 Å². The molecule has 0 radical (unpaired) electrons. The van der Waals surface area contributed by atoms with Crippen LogP contribution in [-0.2, 0) is 0 Å². The van der Waals surface area contributed by atoms with Gasteiger partial charge in [-0.2, -0.15) is 0 Å². The van der Waals surface area contributed by atoms with Gasteiger partial charge in [0.1, 0.15) is 0 Å². The fourth-order valence-corrected chi connectivity index (χ4v) is 5.00. The summed E-state index contributed by atoms with van der Waals surface area (Å²) in [5, 5.41) is 4.10. The molecule has 0 fully saturated rings. The van der Waals surface area contributed by atoms with Crippen molar-refractivity contribution in [3.8, 4) is 32.8 Å². The standard InChI is InChI=1S/C20H26O4S2/c1-11-5-21-15-9-25-19(17(15)23-7-13(11)3)20-18-16(10-26-20)22-6-12(2)14(4)8-24-18/h9-14H,5-8H2,1-4H3. The molecule has 4 unspecified atom stereocenters. The maximum Gasteiger partial charge on any atom is 0.180 e. The molecule has 4 heterocycles. The van der Waals surface area contributed by atoms with E-state index < -0.39 is 0 Å². The molecule has 0 saturated heterocycles. The van der Waals surface area contributed by atoms with E-state index in [0.29, 0.717) is 36.9 Å². The molecule has 0 bridgehead atoms.